The van der Waals surface area contributed by atoms with Gasteiger partial charge in [-0.25, -0.2) is 9.67 Å². The second kappa shape index (κ2) is 5.99. The van der Waals surface area contributed by atoms with Gasteiger partial charge in [0.25, 0.3) is 0 Å². The summed E-state index contributed by atoms with van der Waals surface area (Å²) < 4.78 is 1.90. The van der Waals surface area contributed by atoms with Crippen molar-refractivity contribution >= 4 is 33.7 Å². The van der Waals surface area contributed by atoms with Crippen LogP contribution in [-0.4, -0.2) is 20.7 Å². The summed E-state index contributed by atoms with van der Waals surface area (Å²) in [6.07, 6.45) is 0.429. The Morgan fingerprint density at radius 1 is 1.30 bits per heavy atom. The molecule has 23 heavy (non-hydrogen) atoms. The third-order valence-electron chi connectivity index (χ3n) is 3.79. The Morgan fingerprint density at radius 2 is 2.09 bits per heavy atom. The van der Waals surface area contributed by atoms with Crippen molar-refractivity contribution in [3.63, 3.8) is 0 Å². The zero-order valence-corrected chi connectivity index (χ0v) is 14.1. The Morgan fingerprint density at radius 3 is 2.78 bits per heavy atom. The first kappa shape index (κ1) is 15.5. The van der Waals surface area contributed by atoms with Crippen LogP contribution in [0.25, 0.3) is 21.9 Å². The highest BCUT2D eigenvalue weighted by atomic mass is 16.1. The van der Waals surface area contributed by atoms with Gasteiger partial charge >= 0.3 is 0 Å². The molecule has 0 aliphatic heterocycles. The molecule has 1 aromatic carbocycles. The highest BCUT2D eigenvalue weighted by Crippen LogP contribution is 2.27. The van der Waals surface area contributed by atoms with Crippen molar-refractivity contribution in [2.24, 2.45) is 5.92 Å². The zero-order chi connectivity index (χ0) is 16.6. The molecule has 0 saturated heterocycles. The fourth-order valence-electron chi connectivity index (χ4n) is 2.65. The lowest BCUT2D eigenvalue weighted by molar-refractivity contribution is -0.115. The van der Waals surface area contributed by atoms with Gasteiger partial charge in [-0.15, -0.1) is 0 Å². The van der Waals surface area contributed by atoms with E-state index in [9.17, 15) is 4.79 Å². The van der Waals surface area contributed by atoms with Gasteiger partial charge < -0.3 is 5.32 Å². The van der Waals surface area contributed by atoms with E-state index in [0.29, 0.717) is 18.2 Å². The van der Waals surface area contributed by atoms with E-state index in [1.165, 1.54) is 5.56 Å². The first-order valence-corrected chi connectivity index (χ1v) is 8.05. The Balaban J connectivity index is 2.22. The normalized spacial score (nSPS) is 11.5. The number of hydrogen-bond acceptors (Lipinski definition) is 3. The number of carbonyl (C=O) groups is 1. The summed E-state index contributed by atoms with van der Waals surface area (Å²) in [6.45, 7) is 8.94. The molecule has 1 N–H and O–H groups in total. The molecule has 2 heterocycles. The largest absolute Gasteiger partial charge is 0.309 e. The molecule has 5 heteroatoms. The third kappa shape index (κ3) is 3.04. The minimum absolute atomic E-state index is 0.0369. The number of nitrogens with zero attached hydrogens (tertiary/aromatic N) is 3. The summed E-state index contributed by atoms with van der Waals surface area (Å²) >= 11 is 0. The van der Waals surface area contributed by atoms with Crippen LogP contribution in [0, 0.1) is 12.8 Å². The van der Waals surface area contributed by atoms with E-state index >= 15 is 0 Å². The molecule has 3 rings (SSSR count). The highest BCUT2D eigenvalue weighted by molar-refractivity contribution is 6.02. The number of hydrogen-bond donors (Lipinski definition) is 1. The van der Waals surface area contributed by atoms with Crippen LogP contribution in [0.1, 0.15) is 32.8 Å². The zero-order valence-electron chi connectivity index (χ0n) is 14.1. The van der Waals surface area contributed by atoms with Crippen LogP contribution < -0.4 is 5.32 Å². The Bertz CT molecular complexity index is 879. The summed E-state index contributed by atoms with van der Waals surface area (Å²) in [6, 6.07) is 8.26. The van der Waals surface area contributed by atoms with Crippen LogP contribution in [-0.2, 0) is 11.3 Å². The van der Waals surface area contributed by atoms with E-state index < -0.39 is 0 Å². The number of aryl methyl sites for hydroxylation is 1. The highest BCUT2D eigenvalue weighted by Gasteiger charge is 2.15. The average Bonchev–Trinajstić information content (AvgIpc) is 2.81. The van der Waals surface area contributed by atoms with Crippen molar-refractivity contribution in [3.8, 4) is 0 Å². The Hall–Kier alpha value is -2.43. The van der Waals surface area contributed by atoms with Gasteiger partial charge in [0.15, 0.2) is 11.5 Å². The fourth-order valence-corrected chi connectivity index (χ4v) is 2.65. The van der Waals surface area contributed by atoms with Crippen molar-refractivity contribution in [1.29, 1.82) is 0 Å². The van der Waals surface area contributed by atoms with Gasteiger partial charge in [0.1, 0.15) is 0 Å². The maximum absolute atomic E-state index is 11.8. The molecule has 0 aliphatic carbocycles. The van der Waals surface area contributed by atoms with E-state index in [2.05, 4.69) is 55.5 Å². The van der Waals surface area contributed by atoms with Crippen LogP contribution in [0.5, 0.6) is 0 Å². The van der Waals surface area contributed by atoms with E-state index in [0.717, 1.165) is 28.5 Å². The second-order valence-corrected chi connectivity index (χ2v) is 6.38. The maximum Gasteiger partial charge on any atom is 0.225 e. The average molecular weight is 310 g/mol. The van der Waals surface area contributed by atoms with E-state index in [-0.39, 0.29) is 5.91 Å². The van der Waals surface area contributed by atoms with Gasteiger partial charge in [-0.3, -0.25) is 4.79 Å². The van der Waals surface area contributed by atoms with Crippen LogP contribution >= 0.6 is 0 Å². The summed E-state index contributed by atoms with van der Waals surface area (Å²) in [5, 5.41) is 9.43. The summed E-state index contributed by atoms with van der Waals surface area (Å²) in [7, 11) is 0. The van der Waals surface area contributed by atoms with Crippen molar-refractivity contribution < 1.29 is 4.79 Å². The van der Waals surface area contributed by atoms with Gasteiger partial charge in [0.05, 0.1) is 10.9 Å². The molecule has 0 aliphatic rings. The van der Waals surface area contributed by atoms with Gasteiger partial charge in [-0.05, 0) is 30.5 Å². The van der Waals surface area contributed by atoms with E-state index in [1.807, 2.05) is 11.6 Å². The van der Waals surface area contributed by atoms with E-state index in [4.69, 9.17) is 4.98 Å². The fraction of sp³-hybridized carbons (Fsp3) is 0.389. The Kier molecular flexibility index (Phi) is 4.03. The molecular weight excluding hydrogens is 288 g/mol. The van der Waals surface area contributed by atoms with Crippen molar-refractivity contribution in [2.45, 2.75) is 40.7 Å². The monoisotopic (exact) mass is 310 g/mol. The number of amides is 1. The number of nitrogens with one attached hydrogen (secondary N) is 1. The summed E-state index contributed by atoms with van der Waals surface area (Å²) in [4.78, 5) is 16.6. The van der Waals surface area contributed by atoms with Crippen LogP contribution in [0.4, 0.5) is 5.82 Å². The molecule has 0 fully saturated rings. The lowest BCUT2D eigenvalue weighted by Crippen LogP contribution is -2.11. The summed E-state index contributed by atoms with van der Waals surface area (Å²) in [5.74, 6) is 1.01. The lowest BCUT2D eigenvalue weighted by Gasteiger charge is -2.06. The third-order valence-corrected chi connectivity index (χ3v) is 3.79. The molecule has 0 unspecified atom stereocenters. The SMILES string of the molecule is CCC(=O)Nc1nn(CC(C)C)c2nc3cc(C)ccc3cc12. The smallest absolute Gasteiger partial charge is 0.225 e. The number of anilines is 1. The first-order chi connectivity index (χ1) is 11.0. The molecular formula is C18H22N4O. The minimum Gasteiger partial charge on any atom is -0.309 e. The lowest BCUT2D eigenvalue weighted by atomic mass is 10.1. The van der Waals surface area contributed by atoms with Gasteiger partial charge in [-0.2, -0.15) is 5.10 Å². The molecule has 3 aromatic rings. The Labute approximate surface area is 135 Å². The van der Waals surface area contributed by atoms with Gasteiger partial charge in [0, 0.05) is 18.4 Å². The molecule has 0 spiro atoms. The molecule has 0 radical (unpaired) electrons. The van der Waals surface area contributed by atoms with Crippen molar-refractivity contribution in [3.05, 3.63) is 29.8 Å². The number of carbonyl (C=O) groups excluding carboxylic acids is 1. The van der Waals surface area contributed by atoms with Gasteiger partial charge in [0.2, 0.25) is 5.91 Å². The molecule has 5 nitrogen and oxygen atoms in total. The molecule has 120 valence electrons. The predicted molar refractivity (Wildman–Crippen MR) is 93.5 cm³/mol. The minimum atomic E-state index is -0.0369. The van der Waals surface area contributed by atoms with Crippen LogP contribution in [0.15, 0.2) is 24.3 Å². The number of benzene rings is 1. The number of pyridine rings is 1. The number of aromatic nitrogens is 3. The molecule has 0 atom stereocenters. The number of fused-ring (bicyclic) bond motifs is 2. The quantitative estimate of drug-likeness (QED) is 0.795. The maximum atomic E-state index is 11.8. The molecule has 1 amide bonds. The standard InChI is InChI=1S/C18H22N4O/c1-5-16(23)20-17-14-9-13-7-6-12(4)8-15(13)19-18(14)22(21-17)10-11(2)3/h6-9,11H,5,10H2,1-4H3,(H,20,21,23). The molecule has 2 aromatic heterocycles. The number of rotatable bonds is 4. The summed E-state index contributed by atoms with van der Waals surface area (Å²) in [5.41, 5.74) is 2.96. The van der Waals surface area contributed by atoms with Gasteiger partial charge in [-0.1, -0.05) is 32.9 Å². The van der Waals surface area contributed by atoms with Crippen molar-refractivity contribution in [2.75, 3.05) is 5.32 Å². The second-order valence-electron chi connectivity index (χ2n) is 6.38. The first-order valence-electron chi connectivity index (χ1n) is 8.05. The van der Waals surface area contributed by atoms with E-state index in [1.54, 1.807) is 0 Å². The molecule has 0 bridgehead atoms. The predicted octanol–water partition coefficient (Wildman–Crippen LogP) is 3.90. The topological polar surface area (TPSA) is 59.8 Å². The molecule has 0 saturated carbocycles. The van der Waals surface area contributed by atoms with Crippen LogP contribution in [0.3, 0.4) is 0 Å². The van der Waals surface area contributed by atoms with Crippen LogP contribution in [0.2, 0.25) is 0 Å². The van der Waals surface area contributed by atoms with Crippen molar-refractivity contribution in [1.82, 2.24) is 14.8 Å².